The molecule has 9 nitrogen and oxygen atoms in total. The standard InChI is InChI=1S/C17H13ClF2N6O3S2/c1-8(14-24-9(2)25-26(14)17-22-7-12(6-21)30-17)23-15(27)10-3-11(18)5-13(4-10)31(28,29)16(19)20/h3-5,7-8,16H,1-2H3,(H,23,27)/t8-/m0/s1. The molecule has 0 aliphatic carbocycles. The van der Waals surface area contributed by atoms with Gasteiger partial charge in [-0.25, -0.2) is 18.4 Å². The van der Waals surface area contributed by atoms with Crippen molar-refractivity contribution in [3.63, 3.8) is 0 Å². The Morgan fingerprint density at radius 1 is 1.35 bits per heavy atom. The number of aromatic nitrogens is 4. The van der Waals surface area contributed by atoms with E-state index in [1.165, 1.54) is 10.9 Å². The zero-order chi connectivity index (χ0) is 22.9. The molecule has 0 radical (unpaired) electrons. The van der Waals surface area contributed by atoms with Crippen LogP contribution in [0.4, 0.5) is 8.78 Å². The third kappa shape index (κ3) is 4.71. The lowest BCUT2D eigenvalue weighted by Crippen LogP contribution is -2.29. The van der Waals surface area contributed by atoms with E-state index in [0.717, 1.165) is 29.5 Å². The second-order valence-electron chi connectivity index (χ2n) is 6.22. The maximum Gasteiger partial charge on any atom is 0.341 e. The molecule has 31 heavy (non-hydrogen) atoms. The summed E-state index contributed by atoms with van der Waals surface area (Å²) in [5, 5.41) is 16.0. The van der Waals surface area contributed by atoms with Crippen LogP contribution in [0.25, 0.3) is 5.13 Å². The van der Waals surface area contributed by atoms with Gasteiger partial charge in [0.2, 0.25) is 15.0 Å². The highest BCUT2D eigenvalue weighted by molar-refractivity contribution is 7.91. The van der Waals surface area contributed by atoms with E-state index < -0.39 is 32.4 Å². The number of hydrogen-bond donors (Lipinski definition) is 1. The van der Waals surface area contributed by atoms with Crippen LogP contribution in [-0.4, -0.2) is 39.8 Å². The highest BCUT2D eigenvalue weighted by Crippen LogP contribution is 2.25. The molecular formula is C17H13ClF2N6O3S2. The van der Waals surface area contributed by atoms with E-state index in [2.05, 4.69) is 20.4 Å². The smallest absolute Gasteiger partial charge is 0.341 e. The number of thiazole rings is 1. The van der Waals surface area contributed by atoms with Crippen molar-refractivity contribution in [2.45, 2.75) is 30.5 Å². The van der Waals surface area contributed by atoms with Crippen LogP contribution in [0.1, 0.15) is 39.8 Å². The lowest BCUT2D eigenvalue weighted by molar-refractivity contribution is 0.0937. The molecule has 2 heterocycles. The third-order valence-electron chi connectivity index (χ3n) is 3.95. The van der Waals surface area contributed by atoms with Gasteiger partial charge in [-0.1, -0.05) is 22.9 Å². The number of halogens is 3. The van der Waals surface area contributed by atoms with Crippen LogP contribution in [0.2, 0.25) is 5.02 Å². The maximum absolute atomic E-state index is 12.9. The van der Waals surface area contributed by atoms with Gasteiger partial charge in [-0.15, -0.1) is 5.10 Å². The predicted octanol–water partition coefficient (Wildman–Crippen LogP) is 3.04. The number of alkyl halides is 2. The summed E-state index contributed by atoms with van der Waals surface area (Å²) in [5.74, 6) is -3.73. The normalized spacial score (nSPS) is 12.5. The van der Waals surface area contributed by atoms with Gasteiger partial charge >= 0.3 is 5.76 Å². The summed E-state index contributed by atoms with van der Waals surface area (Å²) < 4.78 is 50.6. The summed E-state index contributed by atoms with van der Waals surface area (Å²) in [6.45, 7) is 3.23. The van der Waals surface area contributed by atoms with E-state index in [1.807, 2.05) is 6.07 Å². The average Bonchev–Trinajstić information content (AvgIpc) is 3.33. The van der Waals surface area contributed by atoms with Gasteiger partial charge in [0.1, 0.15) is 16.8 Å². The minimum atomic E-state index is -4.93. The highest BCUT2D eigenvalue weighted by Gasteiger charge is 2.28. The van der Waals surface area contributed by atoms with E-state index >= 15 is 0 Å². The monoisotopic (exact) mass is 486 g/mol. The number of benzene rings is 1. The minimum absolute atomic E-state index is 0.189. The fourth-order valence-corrected chi connectivity index (χ4v) is 4.33. The molecule has 1 atom stereocenters. The Kier molecular flexibility index (Phi) is 6.35. The van der Waals surface area contributed by atoms with Gasteiger partial charge in [-0.3, -0.25) is 4.79 Å². The van der Waals surface area contributed by atoms with Gasteiger partial charge in [0.15, 0.2) is 5.82 Å². The molecule has 162 valence electrons. The summed E-state index contributed by atoms with van der Waals surface area (Å²) in [6, 6.07) is 4.06. The number of nitriles is 1. The zero-order valence-corrected chi connectivity index (χ0v) is 18.3. The first kappa shape index (κ1) is 22.7. The van der Waals surface area contributed by atoms with Gasteiger partial charge in [-0.05, 0) is 32.0 Å². The molecule has 2 aromatic heterocycles. The van der Waals surface area contributed by atoms with Gasteiger partial charge in [0.05, 0.1) is 17.1 Å². The number of nitrogens with one attached hydrogen (secondary N) is 1. The molecule has 0 bridgehead atoms. The second-order valence-corrected chi connectivity index (χ2v) is 9.59. The van der Waals surface area contributed by atoms with Crippen LogP contribution < -0.4 is 5.32 Å². The summed E-state index contributed by atoms with van der Waals surface area (Å²) >= 11 is 6.91. The van der Waals surface area contributed by atoms with Crippen LogP contribution >= 0.6 is 22.9 Å². The van der Waals surface area contributed by atoms with Crippen molar-refractivity contribution in [3.05, 3.63) is 51.5 Å². The van der Waals surface area contributed by atoms with Crippen LogP contribution in [0.15, 0.2) is 29.3 Å². The van der Waals surface area contributed by atoms with E-state index in [9.17, 15) is 22.0 Å². The molecule has 3 rings (SSSR count). The molecule has 1 aromatic carbocycles. The molecule has 0 aliphatic heterocycles. The maximum atomic E-state index is 12.9. The molecule has 1 amide bonds. The fraction of sp³-hybridized carbons (Fsp3) is 0.235. The van der Waals surface area contributed by atoms with E-state index in [1.54, 1.807) is 13.8 Å². The lowest BCUT2D eigenvalue weighted by atomic mass is 10.2. The topological polar surface area (TPSA) is 131 Å². The largest absolute Gasteiger partial charge is 0.342 e. The molecule has 0 saturated heterocycles. The summed E-state index contributed by atoms with van der Waals surface area (Å²) in [4.78, 5) is 20.6. The van der Waals surface area contributed by atoms with Crippen LogP contribution in [0.5, 0.6) is 0 Å². The number of amides is 1. The molecule has 0 saturated carbocycles. The van der Waals surface area contributed by atoms with Crippen molar-refractivity contribution in [2.75, 3.05) is 0 Å². The van der Waals surface area contributed by atoms with Crippen LogP contribution in [-0.2, 0) is 9.84 Å². The Labute approximate surface area is 184 Å². The van der Waals surface area contributed by atoms with Crippen LogP contribution in [0.3, 0.4) is 0 Å². The molecule has 0 spiro atoms. The average molecular weight is 487 g/mol. The molecule has 0 aliphatic rings. The Morgan fingerprint density at radius 3 is 2.68 bits per heavy atom. The third-order valence-corrected chi connectivity index (χ3v) is 6.41. The first-order valence-corrected chi connectivity index (χ1v) is 11.2. The lowest BCUT2D eigenvalue weighted by Gasteiger charge is -2.14. The molecule has 0 fully saturated rings. The molecule has 14 heteroatoms. The Morgan fingerprint density at radius 2 is 2.06 bits per heavy atom. The van der Waals surface area contributed by atoms with Crippen molar-refractivity contribution >= 4 is 38.7 Å². The van der Waals surface area contributed by atoms with Crippen molar-refractivity contribution in [1.82, 2.24) is 25.1 Å². The van der Waals surface area contributed by atoms with Crippen molar-refractivity contribution < 1.29 is 22.0 Å². The first-order chi connectivity index (χ1) is 14.5. The summed E-state index contributed by atoms with van der Waals surface area (Å²) in [6.07, 6.45) is 1.38. The predicted molar refractivity (Wildman–Crippen MR) is 107 cm³/mol. The van der Waals surface area contributed by atoms with Gasteiger partial charge < -0.3 is 5.32 Å². The Balaban J connectivity index is 1.90. The second kappa shape index (κ2) is 8.66. The molecule has 3 aromatic rings. The number of carbonyl (C=O) groups excluding carboxylic acids is 1. The van der Waals surface area contributed by atoms with Gasteiger partial charge in [0, 0.05) is 10.6 Å². The number of sulfone groups is 1. The molecule has 0 unspecified atom stereocenters. The molecule has 1 N–H and O–H groups in total. The number of aryl methyl sites for hydroxylation is 1. The van der Waals surface area contributed by atoms with Crippen molar-refractivity contribution in [2.24, 2.45) is 0 Å². The van der Waals surface area contributed by atoms with E-state index in [4.69, 9.17) is 16.9 Å². The number of rotatable bonds is 6. The fourth-order valence-electron chi connectivity index (χ4n) is 2.57. The van der Waals surface area contributed by atoms with Gasteiger partial charge in [0.25, 0.3) is 5.91 Å². The zero-order valence-electron chi connectivity index (χ0n) is 15.9. The highest BCUT2D eigenvalue weighted by atomic mass is 35.5. The summed E-state index contributed by atoms with van der Waals surface area (Å²) in [5.41, 5.74) is -0.220. The minimum Gasteiger partial charge on any atom is -0.342 e. The van der Waals surface area contributed by atoms with Gasteiger partial charge in [-0.2, -0.15) is 18.7 Å². The number of nitrogens with zero attached hydrogens (tertiary/aromatic N) is 5. The van der Waals surface area contributed by atoms with Crippen molar-refractivity contribution in [3.8, 4) is 11.2 Å². The van der Waals surface area contributed by atoms with Crippen LogP contribution in [0, 0.1) is 18.3 Å². The Hall–Kier alpha value is -2.95. The number of hydrogen-bond acceptors (Lipinski definition) is 8. The van der Waals surface area contributed by atoms with E-state index in [0.29, 0.717) is 21.7 Å². The first-order valence-electron chi connectivity index (χ1n) is 8.46. The Bertz CT molecular complexity index is 1300. The summed E-state index contributed by atoms with van der Waals surface area (Å²) in [7, 11) is -4.93. The SMILES string of the molecule is Cc1nc([C@H](C)NC(=O)c2cc(Cl)cc(S(=O)(=O)C(F)F)c2)n(-c2ncc(C#N)s2)n1. The number of carbonyl (C=O) groups is 1. The quantitative estimate of drug-likeness (QED) is 0.566. The van der Waals surface area contributed by atoms with E-state index in [-0.39, 0.29) is 10.6 Å². The van der Waals surface area contributed by atoms with Crippen molar-refractivity contribution in [1.29, 1.82) is 5.26 Å². The molecular weight excluding hydrogens is 474 g/mol.